The van der Waals surface area contributed by atoms with Gasteiger partial charge in [-0.05, 0) is 38.1 Å². The maximum atomic E-state index is 14.0. The predicted molar refractivity (Wildman–Crippen MR) is 128 cm³/mol. The van der Waals surface area contributed by atoms with Crippen molar-refractivity contribution in [2.45, 2.75) is 50.8 Å². The fraction of sp³-hybridized carbons (Fsp3) is 0.348. The second-order valence-electron chi connectivity index (χ2n) is 8.00. The largest absolute Gasteiger partial charge is 0.317 e. The summed E-state index contributed by atoms with van der Waals surface area (Å²) in [6.07, 6.45) is 10.9. The zero-order chi connectivity index (χ0) is 23.2. The molecule has 0 bridgehead atoms. The molecule has 2 N–H and O–H groups in total. The fourth-order valence-electron chi connectivity index (χ4n) is 3.86. The fourth-order valence-corrected chi connectivity index (χ4v) is 4.63. The lowest BCUT2D eigenvalue weighted by molar-refractivity contribution is -0.112. The number of anilines is 1. The number of carbonyl (C=O) groups is 1. The molecule has 0 aliphatic heterocycles. The third-order valence-electron chi connectivity index (χ3n) is 5.62. The van der Waals surface area contributed by atoms with E-state index < -0.39 is 11.9 Å². The molecule has 172 valence electrons. The summed E-state index contributed by atoms with van der Waals surface area (Å²) in [5, 5.41) is 15.9. The van der Waals surface area contributed by atoms with E-state index in [0.717, 1.165) is 36.8 Å². The second kappa shape index (κ2) is 10.6. The van der Waals surface area contributed by atoms with Crippen LogP contribution in [0.25, 0.3) is 11.4 Å². The van der Waals surface area contributed by atoms with Crippen LogP contribution < -0.4 is 5.32 Å². The molecule has 10 heteroatoms. The Labute approximate surface area is 195 Å². The highest BCUT2D eigenvalue weighted by Crippen LogP contribution is 2.33. The number of hydrogen-bond donors (Lipinski definition) is 2. The van der Waals surface area contributed by atoms with Crippen molar-refractivity contribution in [2.24, 2.45) is 4.99 Å². The van der Waals surface area contributed by atoms with Crippen molar-refractivity contribution >= 4 is 30.1 Å². The molecule has 0 unspecified atom stereocenters. The summed E-state index contributed by atoms with van der Waals surface area (Å²) >= 11 is 1.42. The summed E-state index contributed by atoms with van der Waals surface area (Å²) < 4.78 is 15.8. The number of aromatic nitrogens is 5. The van der Waals surface area contributed by atoms with Crippen molar-refractivity contribution < 1.29 is 9.18 Å². The van der Waals surface area contributed by atoms with Crippen molar-refractivity contribution in [2.75, 3.05) is 5.32 Å². The van der Waals surface area contributed by atoms with Crippen LogP contribution in [0.4, 0.5) is 10.1 Å². The lowest BCUT2D eigenvalue weighted by atomic mass is 9.96. The Bertz CT molecular complexity index is 1150. The van der Waals surface area contributed by atoms with Crippen LogP contribution >= 0.6 is 11.8 Å². The van der Waals surface area contributed by atoms with Crippen molar-refractivity contribution in [1.82, 2.24) is 25.0 Å². The zero-order valence-corrected chi connectivity index (χ0v) is 19.2. The van der Waals surface area contributed by atoms with Gasteiger partial charge < -0.3 is 5.32 Å². The maximum absolute atomic E-state index is 14.0. The summed E-state index contributed by atoms with van der Waals surface area (Å²) in [6, 6.07) is 3.22. The number of aliphatic imine (C=N–C) groups is 1. The Morgan fingerprint density at radius 2 is 2.18 bits per heavy atom. The Hall–Kier alpha value is -3.27. The van der Waals surface area contributed by atoms with Gasteiger partial charge >= 0.3 is 0 Å². The first-order valence-electron chi connectivity index (χ1n) is 10.9. The molecule has 3 aromatic rings. The second-order valence-corrected chi connectivity index (χ2v) is 8.85. The molecular weight excluding hydrogens is 441 g/mol. The molecule has 8 nitrogen and oxygen atoms in total. The Balaban J connectivity index is 1.60. The number of aryl methyl sites for hydroxylation is 1. The van der Waals surface area contributed by atoms with Crippen LogP contribution in [0.3, 0.4) is 0 Å². The van der Waals surface area contributed by atoms with Gasteiger partial charge in [-0.25, -0.2) is 4.98 Å². The number of amides is 1. The highest BCUT2D eigenvalue weighted by molar-refractivity contribution is 8.01. The lowest BCUT2D eigenvalue weighted by Gasteiger charge is -2.21. The smallest absolute Gasteiger partial charge is 0.274 e. The molecule has 1 amide bonds. The Morgan fingerprint density at radius 1 is 1.36 bits per heavy atom. The molecule has 1 aliphatic carbocycles. The molecule has 0 radical (unpaired) electrons. The third kappa shape index (κ3) is 5.57. The van der Waals surface area contributed by atoms with Crippen molar-refractivity contribution in [3.63, 3.8) is 0 Å². The molecule has 0 atom stereocenters. The summed E-state index contributed by atoms with van der Waals surface area (Å²) in [4.78, 5) is 20.9. The van der Waals surface area contributed by atoms with Crippen LogP contribution in [0.1, 0.15) is 49.3 Å². The van der Waals surface area contributed by atoms with Crippen molar-refractivity contribution in [3.05, 3.63) is 58.9 Å². The van der Waals surface area contributed by atoms with E-state index in [2.05, 4.69) is 32.2 Å². The number of thioether (sulfide) groups is 1. The molecule has 0 spiro atoms. The highest BCUT2D eigenvalue weighted by atomic mass is 32.2. The normalized spacial score (nSPS) is 14.9. The van der Waals surface area contributed by atoms with E-state index in [1.165, 1.54) is 24.2 Å². The first kappa shape index (κ1) is 22.9. The Morgan fingerprint density at radius 3 is 2.91 bits per heavy atom. The molecule has 1 fully saturated rings. The van der Waals surface area contributed by atoms with Gasteiger partial charge in [0.15, 0.2) is 0 Å². The first-order valence-corrected chi connectivity index (χ1v) is 11.9. The number of halogens is 1. The predicted octanol–water partition coefficient (Wildman–Crippen LogP) is 5.03. The summed E-state index contributed by atoms with van der Waals surface area (Å²) in [6.45, 7) is 5.37. The van der Waals surface area contributed by atoms with Gasteiger partial charge in [-0.2, -0.15) is 14.6 Å². The molecule has 0 aromatic carbocycles. The average molecular weight is 468 g/mol. The van der Waals surface area contributed by atoms with E-state index in [9.17, 15) is 9.18 Å². The van der Waals surface area contributed by atoms with Crippen molar-refractivity contribution in [1.29, 1.82) is 0 Å². The standard InChI is InChI=1S/C23H26FN7OS/c1-15-8-9-20(24)29-21(15)22-18(12-31(30-22)17-6-4-3-5-7-17)28-23(32)19(25-2)14-33-13-16-10-26-27-11-16/h8-12,14,17H,2-7,13H2,1H3,(H,26,27)(H,28,32)/b19-14-. The van der Waals surface area contributed by atoms with Crippen LogP contribution in [0.5, 0.6) is 0 Å². The molecule has 4 rings (SSSR count). The van der Waals surface area contributed by atoms with E-state index in [0.29, 0.717) is 22.8 Å². The Kier molecular flexibility index (Phi) is 7.33. The number of carbonyl (C=O) groups excluding carboxylic acids is 1. The lowest BCUT2D eigenvalue weighted by Crippen LogP contribution is -2.14. The maximum Gasteiger partial charge on any atom is 0.274 e. The minimum atomic E-state index is -0.593. The minimum Gasteiger partial charge on any atom is -0.317 e. The van der Waals surface area contributed by atoms with E-state index >= 15 is 0 Å². The van der Waals surface area contributed by atoms with Gasteiger partial charge in [0, 0.05) is 29.1 Å². The molecule has 3 heterocycles. The van der Waals surface area contributed by atoms with Crippen LogP contribution in [0.2, 0.25) is 0 Å². The molecule has 1 aliphatic rings. The van der Waals surface area contributed by atoms with Gasteiger partial charge in [-0.15, -0.1) is 11.8 Å². The van der Waals surface area contributed by atoms with Crippen LogP contribution in [-0.4, -0.2) is 37.6 Å². The van der Waals surface area contributed by atoms with Gasteiger partial charge in [-0.3, -0.25) is 19.6 Å². The topological polar surface area (TPSA) is 101 Å². The van der Waals surface area contributed by atoms with Gasteiger partial charge in [0.05, 0.1) is 23.6 Å². The van der Waals surface area contributed by atoms with Gasteiger partial charge in [0.1, 0.15) is 11.4 Å². The molecule has 0 saturated heterocycles. The van der Waals surface area contributed by atoms with Crippen molar-refractivity contribution in [3.8, 4) is 11.4 Å². The van der Waals surface area contributed by atoms with E-state index in [4.69, 9.17) is 5.10 Å². The van der Waals surface area contributed by atoms with E-state index in [1.54, 1.807) is 23.9 Å². The highest BCUT2D eigenvalue weighted by Gasteiger charge is 2.23. The minimum absolute atomic E-state index is 0.184. The summed E-state index contributed by atoms with van der Waals surface area (Å²) in [5.41, 5.74) is 3.29. The summed E-state index contributed by atoms with van der Waals surface area (Å²) in [7, 11) is 0. The van der Waals surface area contributed by atoms with Gasteiger partial charge in [-0.1, -0.05) is 25.3 Å². The summed E-state index contributed by atoms with van der Waals surface area (Å²) in [5.74, 6) is -0.368. The van der Waals surface area contributed by atoms with Crippen LogP contribution in [0, 0.1) is 12.9 Å². The molecule has 3 aromatic heterocycles. The quantitative estimate of drug-likeness (QED) is 0.275. The number of pyridine rings is 1. The van der Waals surface area contributed by atoms with Crippen LogP contribution in [-0.2, 0) is 10.5 Å². The number of H-pyrrole nitrogens is 1. The third-order valence-corrected chi connectivity index (χ3v) is 6.51. The van der Waals surface area contributed by atoms with E-state index in [1.807, 2.05) is 17.8 Å². The monoisotopic (exact) mass is 467 g/mol. The average Bonchev–Trinajstić information content (AvgIpc) is 3.49. The number of rotatable bonds is 8. The number of aromatic amines is 1. The zero-order valence-electron chi connectivity index (χ0n) is 18.4. The molecular formula is C23H26FN7OS. The SMILES string of the molecule is C=N/C(=C\SCc1cn[nH]c1)C(=O)Nc1cn(C2CCCCC2)nc1-c1nc(F)ccc1C. The first-order chi connectivity index (χ1) is 16.0. The number of hydrogen-bond acceptors (Lipinski definition) is 6. The van der Waals surface area contributed by atoms with Gasteiger partial charge in [0.25, 0.3) is 5.91 Å². The van der Waals surface area contributed by atoms with Crippen LogP contribution in [0.15, 0.2) is 46.8 Å². The molecule has 33 heavy (non-hydrogen) atoms. The van der Waals surface area contributed by atoms with E-state index in [-0.39, 0.29) is 11.7 Å². The molecule has 1 saturated carbocycles. The van der Waals surface area contributed by atoms with Gasteiger partial charge in [0.2, 0.25) is 5.95 Å². The number of nitrogens with one attached hydrogen (secondary N) is 2. The number of nitrogens with zero attached hydrogens (tertiary/aromatic N) is 5.